The van der Waals surface area contributed by atoms with Gasteiger partial charge in [-0.2, -0.15) is 5.10 Å². The number of rotatable bonds is 6. The molecule has 4 N–H and O–H groups in total. The van der Waals surface area contributed by atoms with Crippen molar-refractivity contribution < 1.29 is 14.3 Å². The molecule has 2 aliphatic rings. The van der Waals surface area contributed by atoms with Crippen molar-refractivity contribution >= 4 is 28.8 Å². The fraction of sp³-hybridized carbons (Fsp3) is 0.333. The van der Waals surface area contributed by atoms with Crippen LogP contribution in [0.15, 0.2) is 55.0 Å². The van der Waals surface area contributed by atoms with Crippen molar-refractivity contribution in [2.24, 2.45) is 5.41 Å². The number of nitrogens with two attached hydrogens (primary N) is 1. The third kappa shape index (κ3) is 3.91. The van der Waals surface area contributed by atoms with Crippen molar-refractivity contribution in [3.05, 3.63) is 66.4 Å². The van der Waals surface area contributed by atoms with Gasteiger partial charge in [-0.15, -0.1) is 5.10 Å². The lowest BCUT2D eigenvalue weighted by molar-refractivity contribution is -0.162. The summed E-state index contributed by atoms with van der Waals surface area (Å²) >= 11 is 0. The Morgan fingerprint density at radius 2 is 1.97 bits per heavy atom. The Kier molecular flexibility index (Phi) is 5.88. The first kappa shape index (κ1) is 24.1. The molecule has 1 aromatic carbocycles. The predicted molar refractivity (Wildman–Crippen MR) is 141 cm³/mol. The third-order valence-corrected chi connectivity index (χ3v) is 7.45. The van der Waals surface area contributed by atoms with Crippen LogP contribution in [0.2, 0.25) is 0 Å². The first-order valence-corrected chi connectivity index (χ1v) is 12.6. The van der Waals surface area contributed by atoms with Crippen molar-refractivity contribution in [2.75, 3.05) is 37.4 Å². The zero-order valence-corrected chi connectivity index (χ0v) is 21.0. The lowest BCUT2D eigenvalue weighted by Gasteiger charge is -2.45. The van der Waals surface area contributed by atoms with E-state index >= 15 is 0 Å². The maximum absolute atomic E-state index is 14.1. The largest absolute Gasteiger partial charge is 0.382 e. The topological polar surface area (TPSA) is 149 Å². The number of piperidine rings is 1. The van der Waals surface area contributed by atoms with Crippen molar-refractivity contribution in [1.82, 2.24) is 29.9 Å². The molecule has 1 atom stereocenters. The molecule has 0 unspecified atom stereocenters. The Morgan fingerprint density at radius 1 is 1.16 bits per heavy atom. The molecule has 0 spiro atoms. The maximum Gasteiger partial charge on any atom is 0.256 e. The molecule has 1 amide bonds. The van der Waals surface area contributed by atoms with Crippen molar-refractivity contribution in [3.63, 3.8) is 0 Å². The number of carbonyl (C=O) groups excluding carboxylic acids is 2. The molecule has 6 rings (SSSR count). The number of Topliss-reactive ketones (excluding diaryl/α,β-unsaturated/α-hetero) is 1. The molecule has 2 fully saturated rings. The quantitative estimate of drug-likeness (QED) is 0.353. The van der Waals surface area contributed by atoms with Gasteiger partial charge in [-0.25, -0.2) is 9.97 Å². The fourth-order valence-corrected chi connectivity index (χ4v) is 5.45. The number of hydrogen-bond donors (Lipinski definition) is 3. The van der Waals surface area contributed by atoms with E-state index in [2.05, 4.69) is 25.8 Å². The number of ketones is 1. The lowest BCUT2D eigenvalue weighted by Crippen LogP contribution is -2.60. The minimum absolute atomic E-state index is 0.133. The summed E-state index contributed by atoms with van der Waals surface area (Å²) in [5.74, 6) is 1.16. The number of carbonyl (C=O) groups is 2. The highest BCUT2D eigenvalue weighted by molar-refractivity contribution is 6.04. The van der Waals surface area contributed by atoms with Gasteiger partial charge >= 0.3 is 0 Å². The summed E-state index contributed by atoms with van der Waals surface area (Å²) in [5, 5.41) is 13.8. The molecular formula is C27H28N8O3. The molecule has 5 heterocycles. The first-order chi connectivity index (χ1) is 18.4. The minimum Gasteiger partial charge on any atom is -0.382 e. The Balaban J connectivity index is 1.42. The molecule has 11 heteroatoms. The maximum atomic E-state index is 14.1. The van der Waals surface area contributed by atoms with Gasteiger partial charge in [0.1, 0.15) is 28.3 Å². The third-order valence-electron chi connectivity index (χ3n) is 7.45. The van der Waals surface area contributed by atoms with Crippen LogP contribution in [0.4, 0.5) is 11.6 Å². The van der Waals surface area contributed by atoms with E-state index in [0.717, 1.165) is 18.5 Å². The number of nitrogen functional groups attached to an aromatic ring is 1. The summed E-state index contributed by atoms with van der Waals surface area (Å²) in [6.07, 6.45) is 6.50. The van der Waals surface area contributed by atoms with E-state index in [-0.39, 0.29) is 11.7 Å². The second kappa shape index (κ2) is 9.26. The van der Waals surface area contributed by atoms with E-state index in [0.29, 0.717) is 60.4 Å². The van der Waals surface area contributed by atoms with Gasteiger partial charge < -0.3 is 21.1 Å². The Labute approximate surface area is 218 Å². The second-order valence-electron chi connectivity index (χ2n) is 10.2. The van der Waals surface area contributed by atoms with Crippen LogP contribution in [-0.4, -0.2) is 62.6 Å². The summed E-state index contributed by atoms with van der Waals surface area (Å²) < 4.78 is 7.34. The number of benzene rings is 1. The smallest absolute Gasteiger partial charge is 0.256 e. The molecule has 38 heavy (non-hydrogen) atoms. The van der Waals surface area contributed by atoms with Crippen LogP contribution >= 0.6 is 0 Å². The highest BCUT2D eigenvalue weighted by Gasteiger charge is 2.54. The second-order valence-corrected chi connectivity index (χ2v) is 10.2. The number of fused-ring (bicyclic) bond motifs is 1. The van der Waals surface area contributed by atoms with Gasteiger partial charge in [0, 0.05) is 36.3 Å². The number of nitrogens with zero attached hydrogens (tertiary/aromatic N) is 5. The summed E-state index contributed by atoms with van der Waals surface area (Å²) in [6.45, 7) is 4.12. The monoisotopic (exact) mass is 512 g/mol. The van der Waals surface area contributed by atoms with Gasteiger partial charge in [-0.1, -0.05) is 12.1 Å². The average Bonchev–Trinajstić information content (AvgIpc) is 3.34. The molecule has 0 saturated carbocycles. The fourth-order valence-electron chi connectivity index (χ4n) is 5.45. The normalized spacial score (nSPS) is 20.6. The molecule has 11 nitrogen and oxygen atoms in total. The van der Waals surface area contributed by atoms with Gasteiger partial charge in [0.25, 0.3) is 5.91 Å². The summed E-state index contributed by atoms with van der Waals surface area (Å²) in [6, 6.07) is 10.4. The molecule has 2 saturated heterocycles. The van der Waals surface area contributed by atoms with Crippen LogP contribution in [0.25, 0.3) is 16.8 Å². The number of nitrogens with one attached hydrogen (secondary N) is 2. The highest BCUT2D eigenvalue weighted by Crippen LogP contribution is 2.43. The van der Waals surface area contributed by atoms with Crippen LogP contribution in [0.1, 0.15) is 35.9 Å². The highest BCUT2D eigenvalue weighted by atomic mass is 16.5. The van der Waals surface area contributed by atoms with Crippen molar-refractivity contribution in [3.8, 4) is 11.3 Å². The van der Waals surface area contributed by atoms with Gasteiger partial charge in [0.2, 0.25) is 0 Å². The summed E-state index contributed by atoms with van der Waals surface area (Å²) in [5.41, 5.74) is 7.44. The first-order valence-electron chi connectivity index (χ1n) is 12.6. The van der Waals surface area contributed by atoms with Crippen LogP contribution in [0.5, 0.6) is 0 Å². The van der Waals surface area contributed by atoms with Gasteiger partial charge in [-0.3, -0.25) is 14.0 Å². The standard InChI is InChI=1S/C27H28N8O3/c1-26(15-38-16-26)24(37)27(9-3-10-29-14-27)25-33-20(21-22(28)30-12-13-35(21)25)17-5-7-18(8-6-17)23(36)32-19-4-2-11-31-34-19/h2,4-8,11-13,29H,3,9-10,14-16H2,1H3,(H2,28,30)(H,32,34,36)/t27-/m0/s1. The van der Waals surface area contributed by atoms with Crippen LogP contribution in [0, 0.1) is 5.41 Å². The van der Waals surface area contributed by atoms with Gasteiger partial charge in [0.15, 0.2) is 11.6 Å². The predicted octanol–water partition coefficient (Wildman–Crippen LogP) is 2.25. The van der Waals surface area contributed by atoms with Crippen LogP contribution < -0.4 is 16.4 Å². The molecule has 0 bridgehead atoms. The molecule has 0 aliphatic carbocycles. The van der Waals surface area contributed by atoms with E-state index in [4.69, 9.17) is 15.5 Å². The number of hydrogen-bond acceptors (Lipinski definition) is 9. The molecule has 0 radical (unpaired) electrons. The Hall–Kier alpha value is -4.22. The zero-order valence-electron chi connectivity index (χ0n) is 21.0. The molecule has 3 aromatic heterocycles. The minimum atomic E-state index is -0.831. The number of amides is 1. The van der Waals surface area contributed by atoms with Crippen LogP contribution in [-0.2, 0) is 14.9 Å². The number of anilines is 2. The Morgan fingerprint density at radius 3 is 2.63 bits per heavy atom. The number of ether oxygens (including phenoxy) is 1. The molecule has 2 aliphatic heterocycles. The van der Waals surface area contributed by atoms with Crippen molar-refractivity contribution in [1.29, 1.82) is 0 Å². The van der Waals surface area contributed by atoms with E-state index in [9.17, 15) is 9.59 Å². The van der Waals surface area contributed by atoms with Gasteiger partial charge in [-0.05, 0) is 50.6 Å². The van der Waals surface area contributed by atoms with Crippen LogP contribution in [0.3, 0.4) is 0 Å². The summed E-state index contributed by atoms with van der Waals surface area (Å²) in [7, 11) is 0. The SMILES string of the molecule is CC1(C(=O)[C@]2(c3nc(-c4ccc(C(=O)Nc5cccnn5)cc4)c4c(N)nccn34)CCCNC2)COC1. The number of imidazole rings is 1. The van der Waals surface area contributed by atoms with E-state index in [1.807, 2.05) is 29.7 Å². The molecule has 4 aromatic rings. The van der Waals surface area contributed by atoms with E-state index < -0.39 is 10.8 Å². The van der Waals surface area contributed by atoms with Crippen molar-refractivity contribution in [2.45, 2.75) is 25.2 Å². The molecular weight excluding hydrogens is 484 g/mol. The zero-order chi connectivity index (χ0) is 26.3. The number of aromatic nitrogens is 5. The Bertz CT molecular complexity index is 1510. The molecule has 194 valence electrons. The summed E-state index contributed by atoms with van der Waals surface area (Å²) in [4.78, 5) is 36.2. The van der Waals surface area contributed by atoms with E-state index in [1.165, 1.54) is 6.20 Å². The average molecular weight is 513 g/mol. The lowest BCUT2D eigenvalue weighted by atomic mass is 9.65. The van der Waals surface area contributed by atoms with Gasteiger partial charge in [0.05, 0.1) is 18.6 Å². The van der Waals surface area contributed by atoms with E-state index in [1.54, 1.807) is 30.5 Å².